The van der Waals surface area contributed by atoms with Crippen molar-refractivity contribution in [2.75, 3.05) is 26.8 Å². The molecule has 1 aromatic carbocycles. The molecule has 0 aliphatic heterocycles. The molecule has 1 rings (SSSR count). The Morgan fingerprint density at radius 2 is 2.15 bits per heavy atom. The second-order valence-corrected chi connectivity index (χ2v) is 5.07. The van der Waals surface area contributed by atoms with Crippen LogP contribution in [0.5, 0.6) is 0 Å². The fourth-order valence-electron chi connectivity index (χ4n) is 2.19. The zero-order valence-corrected chi connectivity index (χ0v) is 12.8. The molecule has 0 N–H and O–H groups in total. The van der Waals surface area contributed by atoms with E-state index in [1.54, 1.807) is 26.2 Å². The summed E-state index contributed by atoms with van der Waals surface area (Å²) < 4.78 is 18.6. The molecule has 0 saturated carbocycles. The average molecular weight is 281 g/mol. The Hall–Kier alpha value is -1.26. The summed E-state index contributed by atoms with van der Waals surface area (Å²) in [5, 5.41) is 0. The van der Waals surface area contributed by atoms with E-state index in [-0.39, 0.29) is 17.6 Å². The van der Waals surface area contributed by atoms with Crippen molar-refractivity contribution in [1.29, 1.82) is 0 Å². The van der Waals surface area contributed by atoms with E-state index in [1.165, 1.54) is 6.07 Å². The van der Waals surface area contributed by atoms with Gasteiger partial charge in [-0.2, -0.15) is 0 Å². The van der Waals surface area contributed by atoms with Crippen LogP contribution in [0.25, 0.3) is 0 Å². The van der Waals surface area contributed by atoms with Crippen molar-refractivity contribution in [3.05, 3.63) is 35.1 Å². The molecule has 1 unspecified atom stereocenters. The monoisotopic (exact) mass is 281 g/mol. The van der Waals surface area contributed by atoms with Crippen LogP contribution in [0.3, 0.4) is 0 Å². The Morgan fingerprint density at radius 1 is 1.45 bits per heavy atom. The van der Waals surface area contributed by atoms with Crippen LogP contribution in [0.15, 0.2) is 18.2 Å². The lowest BCUT2D eigenvalue weighted by atomic mass is 10.1. The van der Waals surface area contributed by atoms with Crippen LogP contribution >= 0.6 is 0 Å². The second-order valence-electron chi connectivity index (χ2n) is 5.07. The molecule has 0 fully saturated rings. The molecule has 0 aliphatic carbocycles. The smallest absolute Gasteiger partial charge is 0.164 e. The largest absolute Gasteiger partial charge is 0.383 e. The minimum Gasteiger partial charge on any atom is -0.383 e. The lowest BCUT2D eigenvalue weighted by Crippen LogP contribution is -2.37. The van der Waals surface area contributed by atoms with Gasteiger partial charge in [0.15, 0.2) is 5.78 Å². The summed E-state index contributed by atoms with van der Waals surface area (Å²) in [6, 6.07) is 4.93. The maximum absolute atomic E-state index is 13.5. The first-order valence-electron chi connectivity index (χ1n) is 7.01. The fourth-order valence-corrected chi connectivity index (χ4v) is 2.19. The van der Waals surface area contributed by atoms with Gasteiger partial charge in [0.1, 0.15) is 5.82 Å². The summed E-state index contributed by atoms with van der Waals surface area (Å²) in [5.41, 5.74) is 1.01. The second kappa shape index (κ2) is 8.12. The first kappa shape index (κ1) is 16.8. The maximum atomic E-state index is 13.5. The highest BCUT2D eigenvalue weighted by Gasteiger charge is 2.14. The lowest BCUT2D eigenvalue weighted by Gasteiger charge is -2.26. The van der Waals surface area contributed by atoms with Crippen molar-refractivity contribution in [1.82, 2.24) is 4.90 Å². The minimum atomic E-state index is -0.323. The molecule has 0 spiro atoms. The number of likely N-dealkylation sites (N-methyl/N-ethyl adjacent to an activating group) is 1. The standard InChI is InChI=1S/C16H24FNO2/c1-5-18(13(3)11-20-4)9-8-16(19)14-7-6-12(2)15(17)10-14/h6-7,10,13H,5,8-9,11H2,1-4H3. The van der Waals surface area contributed by atoms with E-state index < -0.39 is 0 Å². The zero-order chi connectivity index (χ0) is 15.1. The number of ketones is 1. The van der Waals surface area contributed by atoms with Crippen LogP contribution in [0.2, 0.25) is 0 Å². The van der Waals surface area contributed by atoms with E-state index in [0.717, 1.165) is 6.54 Å². The number of carbonyl (C=O) groups is 1. The summed E-state index contributed by atoms with van der Waals surface area (Å²) in [6.07, 6.45) is 0.393. The van der Waals surface area contributed by atoms with Crippen LogP contribution in [-0.4, -0.2) is 43.5 Å². The highest BCUT2D eigenvalue weighted by molar-refractivity contribution is 5.96. The summed E-state index contributed by atoms with van der Waals surface area (Å²) in [7, 11) is 1.67. The Kier molecular flexibility index (Phi) is 6.82. The number of carbonyl (C=O) groups excluding carboxylic acids is 1. The number of ether oxygens (including phenoxy) is 1. The van der Waals surface area contributed by atoms with Crippen LogP contribution in [-0.2, 0) is 4.74 Å². The minimum absolute atomic E-state index is 0.0213. The third kappa shape index (κ3) is 4.69. The number of hydrogen-bond acceptors (Lipinski definition) is 3. The van der Waals surface area contributed by atoms with Gasteiger partial charge in [0.25, 0.3) is 0 Å². The van der Waals surface area contributed by atoms with Gasteiger partial charge >= 0.3 is 0 Å². The molecular weight excluding hydrogens is 257 g/mol. The van der Waals surface area contributed by atoms with Crippen molar-refractivity contribution < 1.29 is 13.9 Å². The number of Topliss-reactive ketones (excluding diaryl/α,β-unsaturated/α-hetero) is 1. The maximum Gasteiger partial charge on any atom is 0.164 e. The van der Waals surface area contributed by atoms with Crippen LogP contribution in [0.4, 0.5) is 4.39 Å². The van der Waals surface area contributed by atoms with Gasteiger partial charge in [0, 0.05) is 31.7 Å². The van der Waals surface area contributed by atoms with Gasteiger partial charge in [0.05, 0.1) is 6.61 Å². The molecule has 3 nitrogen and oxygen atoms in total. The molecule has 20 heavy (non-hydrogen) atoms. The van der Waals surface area contributed by atoms with E-state index in [9.17, 15) is 9.18 Å². The highest BCUT2D eigenvalue weighted by atomic mass is 19.1. The highest BCUT2D eigenvalue weighted by Crippen LogP contribution is 2.12. The van der Waals surface area contributed by atoms with Gasteiger partial charge in [-0.25, -0.2) is 4.39 Å². The van der Waals surface area contributed by atoms with Crippen molar-refractivity contribution >= 4 is 5.78 Å². The average Bonchev–Trinajstić information content (AvgIpc) is 2.42. The van der Waals surface area contributed by atoms with E-state index in [0.29, 0.717) is 30.7 Å². The van der Waals surface area contributed by atoms with Crippen LogP contribution in [0, 0.1) is 12.7 Å². The van der Waals surface area contributed by atoms with E-state index in [4.69, 9.17) is 4.74 Å². The summed E-state index contributed by atoms with van der Waals surface area (Å²) in [5.74, 6) is -0.345. The zero-order valence-electron chi connectivity index (χ0n) is 12.8. The number of methoxy groups -OCH3 is 1. The molecule has 0 aromatic heterocycles. The normalized spacial score (nSPS) is 12.7. The number of aryl methyl sites for hydroxylation is 1. The van der Waals surface area contributed by atoms with Gasteiger partial charge in [-0.05, 0) is 32.0 Å². The SMILES string of the molecule is CCN(CCC(=O)c1ccc(C)c(F)c1)C(C)COC. The Balaban J connectivity index is 2.59. The number of hydrogen-bond donors (Lipinski definition) is 0. The molecule has 1 aromatic rings. The van der Waals surface area contributed by atoms with Gasteiger partial charge in [-0.15, -0.1) is 0 Å². The summed E-state index contributed by atoms with van der Waals surface area (Å²) in [6.45, 7) is 7.98. The predicted octanol–water partition coefficient (Wildman–Crippen LogP) is 3.06. The molecule has 0 aliphatic rings. The molecular formula is C16H24FNO2. The fraction of sp³-hybridized carbons (Fsp3) is 0.562. The number of nitrogens with zero attached hydrogens (tertiary/aromatic N) is 1. The number of halogens is 1. The molecule has 0 bridgehead atoms. The third-order valence-electron chi connectivity index (χ3n) is 3.56. The van der Waals surface area contributed by atoms with Crippen LogP contribution in [0.1, 0.15) is 36.2 Å². The first-order chi connectivity index (χ1) is 9.49. The van der Waals surface area contributed by atoms with Crippen molar-refractivity contribution in [2.45, 2.75) is 33.2 Å². The van der Waals surface area contributed by atoms with E-state index >= 15 is 0 Å². The molecule has 4 heteroatoms. The molecule has 0 amide bonds. The topological polar surface area (TPSA) is 29.5 Å². The van der Waals surface area contributed by atoms with Gasteiger partial charge in [0.2, 0.25) is 0 Å². The molecule has 112 valence electrons. The van der Waals surface area contributed by atoms with Gasteiger partial charge in [-0.1, -0.05) is 19.1 Å². The quantitative estimate of drug-likeness (QED) is 0.686. The molecule has 0 heterocycles. The van der Waals surface area contributed by atoms with Crippen molar-refractivity contribution in [2.24, 2.45) is 0 Å². The van der Waals surface area contributed by atoms with E-state index in [2.05, 4.69) is 18.7 Å². The van der Waals surface area contributed by atoms with Gasteiger partial charge in [-0.3, -0.25) is 9.69 Å². The van der Waals surface area contributed by atoms with Gasteiger partial charge < -0.3 is 4.74 Å². The van der Waals surface area contributed by atoms with Crippen molar-refractivity contribution in [3.63, 3.8) is 0 Å². The lowest BCUT2D eigenvalue weighted by molar-refractivity contribution is 0.0873. The van der Waals surface area contributed by atoms with E-state index in [1.807, 2.05) is 0 Å². The molecule has 1 atom stereocenters. The summed E-state index contributed by atoms with van der Waals surface area (Å²) in [4.78, 5) is 14.3. The Bertz CT molecular complexity index is 448. The summed E-state index contributed by atoms with van der Waals surface area (Å²) >= 11 is 0. The molecule has 0 radical (unpaired) electrons. The predicted molar refractivity (Wildman–Crippen MR) is 78.7 cm³/mol. The van der Waals surface area contributed by atoms with Crippen LogP contribution < -0.4 is 0 Å². The first-order valence-corrected chi connectivity index (χ1v) is 7.01. The third-order valence-corrected chi connectivity index (χ3v) is 3.56. The molecule has 0 saturated heterocycles. The van der Waals surface area contributed by atoms with Crippen molar-refractivity contribution in [3.8, 4) is 0 Å². The Labute approximate surface area is 120 Å². The Morgan fingerprint density at radius 3 is 2.70 bits per heavy atom. The number of benzene rings is 1. The number of rotatable bonds is 8.